The van der Waals surface area contributed by atoms with Crippen molar-refractivity contribution in [2.75, 3.05) is 7.11 Å². The summed E-state index contributed by atoms with van der Waals surface area (Å²) >= 11 is 0. The summed E-state index contributed by atoms with van der Waals surface area (Å²) in [6.45, 7) is 0.466. The maximum absolute atomic E-state index is 9.28. The average Bonchev–Trinajstić information content (AvgIpc) is 2.37. The second kappa shape index (κ2) is 5.25. The SMILES string of the molecule is COc1ccc(COc2cccc(O)c2)cc1. The van der Waals surface area contributed by atoms with E-state index in [1.165, 1.54) is 0 Å². The monoisotopic (exact) mass is 230 g/mol. The van der Waals surface area contributed by atoms with Crippen molar-refractivity contribution in [1.82, 2.24) is 0 Å². The van der Waals surface area contributed by atoms with Crippen LogP contribution in [-0.4, -0.2) is 12.2 Å². The van der Waals surface area contributed by atoms with E-state index in [0.717, 1.165) is 11.3 Å². The Balaban J connectivity index is 1.97. The molecule has 0 saturated heterocycles. The Labute approximate surface area is 100 Å². The molecule has 2 rings (SSSR count). The quantitative estimate of drug-likeness (QED) is 0.877. The molecule has 0 aliphatic heterocycles. The first kappa shape index (κ1) is 11.3. The van der Waals surface area contributed by atoms with Gasteiger partial charge >= 0.3 is 0 Å². The highest BCUT2D eigenvalue weighted by molar-refractivity contribution is 5.32. The molecule has 3 nitrogen and oxygen atoms in total. The first-order valence-corrected chi connectivity index (χ1v) is 5.33. The number of phenols is 1. The zero-order chi connectivity index (χ0) is 12.1. The third-order valence-electron chi connectivity index (χ3n) is 2.38. The molecule has 0 aromatic heterocycles. The Hall–Kier alpha value is -2.16. The predicted octanol–water partition coefficient (Wildman–Crippen LogP) is 2.98. The molecule has 17 heavy (non-hydrogen) atoms. The van der Waals surface area contributed by atoms with Gasteiger partial charge in [0.2, 0.25) is 0 Å². The number of ether oxygens (including phenoxy) is 2. The Morgan fingerprint density at radius 2 is 1.76 bits per heavy atom. The van der Waals surface area contributed by atoms with Crippen LogP contribution in [0, 0.1) is 0 Å². The minimum atomic E-state index is 0.206. The van der Waals surface area contributed by atoms with Crippen LogP contribution >= 0.6 is 0 Å². The van der Waals surface area contributed by atoms with Crippen molar-refractivity contribution in [3.8, 4) is 17.2 Å². The van der Waals surface area contributed by atoms with Crippen molar-refractivity contribution in [2.45, 2.75) is 6.61 Å². The third-order valence-corrected chi connectivity index (χ3v) is 2.38. The summed E-state index contributed by atoms with van der Waals surface area (Å²) in [6, 6.07) is 14.4. The van der Waals surface area contributed by atoms with Crippen molar-refractivity contribution in [2.24, 2.45) is 0 Å². The van der Waals surface area contributed by atoms with E-state index in [9.17, 15) is 5.11 Å². The van der Waals surface area contributed by atoms with Crippen LogP contribution in [0.2, 0.25) is 0 Å². The van der Waals surface area contributed by atoms with Gasteiger partial charge in [-0.05, 0) is 29.8 Å². The van der Waals surface area contributed by atoms with Gasteiger partial charge in [0.25, 0.3) is 0 Å². The van der Waals surface area contributed by atoms with Crippen LogP contribution in [0.15, 0.2) is 48.5 Å². The van der Waals surface area contributed by atoms with Gasteiger partial charge in [0.1, 0.15) is 23.9 Å². The second-order valence-corrected chi connectivity index (χ2v) is 3.63. The van der Waals surface area contributed by atoms with Crippen LogP contribution in [0.25, 0.3) is 0 Å². The maximum Gasteiger partial charge on any atom is 0.123 e. The smallest absolute Gasteiger partial charge is 0.123 e. The summed E-state index contributed by atoms with van der Waals surface area (Å²) in [6.07, 6.45) is 0. The van der Waals surface area contributed by atoms with Crippen molar-refractivity contribution in [3.63, 3.8) is 0 Å². The standard InChI is InChI=1S/C14H14O3/c1-16-13-7-5-11(6-8-13)10-17-14-4-2-3-12(15)9-14/h2-9,15H,10H2,1H3. The molecule has 0 spiro atoms. The Kier molecular flexibility index (Phi) is 3.50. The van der Waals surface area contributed by atoms with Crippen molar-refractivity contribution < 1.29 is 14.6 Å². The fourth-order valence-electron chi connectivity index (χ4n) is 1.46. The van der Waals surface area contributed by atoms with E-state index in [2.05, 4.69) is 0 Å². The van der Waals surface area contributed by atoms with E-state index in [1.54, 1.807) is 25.3 Å². The van der Waals surface area contributed by atoms with E-state index >= 15 is 0 Å². The zero-order valence-electron chi connectivity index (χ0n) is 9.59. The molecule has 1 N–H and O–H groups in total. The first-order chi connectivity index (χ1) is 8.28. The van der Waals surface area contributed by atoms with E-state index in [4.69, 9.17) is 9.47 Å². The van der Waals surface area contributed by atoms with Crippen LogP contribution < -0.4 is 9.47 Å². The van der Waals surface area contributed by atoms with Crippen molar-refractivity contribution in [1.29, 1.82) is 0 Å². The molecule has 0 atom stereocenters. The van der Waals surface area contributed by atoms with Crippen LogP contribution in [0.1, 0.15) is 5.56 Å². The number of rotatable bonds is 4. The van der Waals surface area contributed by atoms with Crippen LogP contribution in [0.3, 0.4) is 0 Å². The van der Waals surface area contributed by atoms with Gasteiger partial charge in [-0.1, -0.05) is 18.2 Å². The molecule has 0 aliphatic carbocycles. The number of hydrogen-bond donors (Lipinski definition) is 1. The molecular formula is C14H14O3. The van der Waals surface area contributed by atoms with E-state index in [1.807, 2.05) is 30.3 Å². The molecule has 2 aromatic carbocycles. The Bertz CT molecular complexity index is 477. The minimum absolute atomic E-state index is 0.206. The van der Waals surface area contributed by atoms with Gasteiger partial charge in [-0.2, -0.15) is 0 Å². The van der Waals surface area contributed by atoms with Crippen LogP contribution in [-0.2, 0) is 6.61 Å². The minimum Gasteiger partial charge on any atom is -0.508 e. The van der Waals surface area contributed by atoms with Gasteiger partial charge in [0, 0.05) is 6.07 Å². The number of aromatic hydroxyl groups is 1. The first-order valence-electron chi connectivity index (χ1n) is 5.33. The Morgan fingerprint density at radius 3 is 2.41 bits per heavy atom. The topological polar surface area (TPSA) is 38.7 Å². The maximum atomic E-state index is 9.28. The molecule has 2 aromatic rings. The largest absolute Gasteiger partial charge is 0.508 e. The fraction of sp³-hybridized carbons (Fsp3) is 0.143. The summed E-state index contributed by atoms with van der Waals surface area (Å²) in [5, 5.41) is 9.28. The van der Waals surface area contributed by atoms with Crippen LogP contribution in [0.4, 0.5) is 0 Å². The summed E-state index contributed by atoms with van der Waals surface area (Å²) in [5.74, 6) is 1.68. The zero-order valence-corrected chi connectivity index (χ0v) is 9.59. The number of hydrogen-bond acceptors (Lipinski definition) is 3. The lowest BCUT2D eigenvalue weighted by Gasteiger charge is -2.07. The van der Waals surface area contributed by atoms with Gasteiger partial charge in [-0.15, -0.1) is 0 Å². The lowest BCUT2D eigenvalue weighted by molar-refractivity contribution is 0.304. The van der Waals surface area contributed by atoms with E-state index in [-0.39, 0.29) is 5.75 Å². The lowest BCUT2D eigenvalue weighted by Crippen LogP contribution is -1.95. The van der Waals surface area contributed by atoms with Gasteiger partial charge in [-0.25, -0.2) is 0 Å². The fourth-order valence-corrected chi connectivity index (χ4v) is 1.46. The molecule has 0 bridgehead atoms. The molecule has 0 saturated carbocycles. The number of phenolic OH excluding ortho intramolecular Hbond substituents is 1. The van der Waals surface area contributed by atoms with Gasteiger partial charge in [-0.3, -0.25) is 0 Å². The van der Waals surface area contributed by atoms with Crippen molar-refractivity contribution >= 4 is 0 Å². The molecule has 88 valence electrons. The summed E-state index contributed by atoms with van der Waals surface area (Å²) in [4.78, 5) is 0. The second-order valence-electron chi connectivity index (χ2n) is 3.63. The highest BCUT2D eigenvalue weighted by Gasteiger charge is 1.97. The van der Waals surface area contributed by atoms with Gasteiger partial charge in [0.05, 0.1) is 7.11 Å². The molecular weight excluding hydrogens is 216 g/mol. The molecule has 0 aliphatic rings. The normalized spacial score (nSPS) is 9.94. The van der Waals surface area contributed by atoms with Gasteiger partial charge < -0.3 is 14.6 Å². The highest BCUT2D eigenvalue weighted by atomic mass is 16.5. The predicted molar refractivity (Wildman–Crippen MR) is 65.4 cm³/mol. The van der Waals surface area contributed by atoms with Gasteiger partial charge in [0.15, 0.2) is 0 Å². The number of benzene rings is 2. The molecule has 0 fully saturated rings. The molecule has 0 radical (unpaired) electrons. The van der Waals surface area contributed by atoms with Crippen LogP contribution in [0.5, 0.6) is 17.2 Å². The summed E-state index contributed by atoms with van der Waals surface area (Å²) in [7, 11) is 1.64. The third kappa shape index (κ3) is 3.14. The molecule has 0 amide bonds. The van der Waals surface area contributed by atoms with Crippen molar-refractivity contribution in [3.05, 3.63) is 54.1 Å². The Morgan fingerprint density at radius 1 is 1.00 bits per heavy atom. The van der Waals surface area contributed by atoms with E-state index < -0.39 is 0 Å². The molecule has 3 heteroatoms. The summed E-state index contributed by atoms with van der Waals surface area (Å²) < 4.78 is 10.6. The summed E-state index contributed by atoms with van der Waals surface area (Å²) in [5.41, 5.74) is 1.05. The lowest BCUT2D eigenvalue weighted by atomic mass is 10.2. The number of methoxy groups -OCH3 is 1. The molecule has 0 unspecified atom stereocenters. The average molecular weight is 230 g/mol. The highest BCUT2D eigenvalue weighted by Crippen LogP contribution is 2.19. The molecule has 0 heterocycles. The van der Waals surface area contributed by atoms with E-state index in [0.29, 0.717) is 12.4 Å².